The van der Waals surface area contributed by atoms with E-state index in [4.69, 9.17) is 16.3 Å². The minimum Gasteiger partial charge on any atom is -0.487 e. The molecule has 0 saturated carbocycles. The second-order valence-corrected chi connectivity index (χ2v) is 8.01. The van der Waals surface area contributed by atoms with Gasteiger partial charge in [0.05, 0.1) is 18.5 Å². The maximum absolute atomic E-state index is 12.6. The van der Waals surface area contributed by atoms with Crippen LogP contribution in [-0.2, 0) is 17.6 Å². The van der Waals surface area contributed by atoms with E-state index in [0.717, 1.165) is 33.2 Å². The summed E-state index contributed by atoms with van der Waals surface area (Å²) in [5, 5.41) is 5.87. The summed E-state index contributed by atoms with van der Waals surface area (Å²) in [7, 11) is 0. The molecule has 154 valence electrons. The van der Waals surface area contributed by atoms with Gasteiger partial charge in [-0.1, -0.05) is 54.1 Å². The van der Waals surface area contributed by atoms with Crippen molar-refractivity contribution in [2.75, 3.05) is 6.54 Å². The number of nitrogens with one attached hydrogen (secondary N) is 1. The van der Waals surface area contributed by atoms with Crippen LogP contribution in [0.3, 0.4) is 0 Å². The van der Waals surface area contributed by atoms with Crippen LogP contribution in [0.5, 0.6) is 5.75 Å². The lowest BCUT2D eigenvalue weighted by molar-refractivity contribution is -0.120. The molecule has 1 aliphatic rings. The third-order valence-corrected chi connectivity index (χ3v) is 5.65. The van der Waals surface area contributed by atoms with Gasteiger partial charge in [0.1, 0.15) is 11.9 Å². The number of halogens is 1. The molecule has 3 aromatic carbocycles. The second-order valence-electron chi connectivity index (χ2n) is 7.58. The van der Waals surface area contributed by atoms with Gasteiger partial charge in [0, 0.05) is 29.4 Å². The van der Waals surface area contributed by atoms with Crippen molar-refractivity contribution in [3.05, 3.63) is 89.2 Å². The summed E-state index contributed by atoms with van der Waals surface area (Å²) >= 11 is 6.31. The summed E-state index contributed by atoms with van der Waals surface area (Å²) in [6.07, 6.45) is 4.22. The molecule has 1 N–H and O–H groups in total. The molecule has 0 saturated heterocycles. The van der Waals surface area contributed by atoms with Crippen molar-refractivity contribution in [2.45, 2.75) is 18.9 Å². The Bertz CT molecular complexity index is 1260. The normalized spacial score (nSPS) is 14.8. The van der Waals surface area contributed by atoms with Gasteiger partial charge >= 0.3 is 0 Å². The fraction of sp³-hybridized carbons (Fsp3) is 0.160. The van der Waals surface area contributed by atoms with Gasteiger partial charge in [-0.25, -0.2) is 9.97 Å². The zero-order valence-electron chi connectivity index (χ0n) is 16.7. The van der Waals surface area contributed by atoms with Crippen molar-refractivity contribution in [3.63, 3.8) is 0 Å². The molecule has 1 atom stereocenters. The van der Waals surface area contributed by atoms with E-state index in [9.17, 15) is 4.79 Å². The molecule has 31 heavy (non-hydrogen) atoms. The van der Waals surface area contributed by atoms with Crippen LogP contribution >= 0.6 is 11.6 Å². The number of carbonyl (C=O) groups excluding carboxylic acids is 1. The van der Waals surface area contributed by atoms with Crippen molar-refractivity contribution in [3.8, 4) is 17.1 Å². The molecule has 0 spiro atoms. The van der Waals surface area contributed by atoms with Gasteiger partial charge in [-0.15, -0.1) is 0 Å². The van der Waals surface area contributed by atoms with Crippen LogP contribution < -0.4 is 10.1 Å². The van der Waals surface area contributed by atoms with Crippen LogP contribution in [0.15, 0.2) is 73.1 Å². The largest absolute Gasteiger partial charge is 0.487 e. The van der Waals surface area contributed by atoms with Gasteiger partial charge in [-0.3, -0.25) is 4.79 Å². The number of rotatable bonds is 5. The van der Waals surface area contributed by atoms with Crippen LogP contribution in [0.25, 0.3) is 22.2 Å². The third kappa shape index (κ3) is 4.09. The standard InChI is InChI=1S/C25H20ClN3O2/c26-19-11-18-12-20(31-24(18)22(14-19)25-27-9-4-10-28-25)15-29-23(30)13-17-7-3-6-16-5-1-2-8-21(16)17/h1-11,14,20H,12-13,15H2,(H,29,30). The Morgan fingerprint density at radius 3 is 2.74 bits per heavy atom. The van der Waals surface area contributed by atoms with Gasteiger partial charge < -0.3 is 10.1 Å². The Balaban J connectivity index is 1.27. The van der Waals surface area contributed by atoms with Gasteiger partial charge in [0.15, 0.2) is 5.82 Å². The minimum absolute atomic E-state index is 0.0273. The van der Waals surface area contributed by atoms with E-state index in [0.29, 0.717) is 30.2 Å². The number of benzene rings is 3. The lowest BCUT2D eigenvalue weighted by atomic mass is 10.0. The molecule has 5 rings (SSSR count). The molecule has 4 aromatic rings. The summed E-state index contributed by atoms with van der Waals surface area (Å²) in [6, 6.07) is 19.6. The molecular weight excluding hydrogens is 410 g/mol. The molecule has 6 heteroatoms. The molecule has 0 aliphatic carbocycles. The molecule has 1 aromatic heterocycles. The summed E-state index contributed by atoms with van der Waals surface area (Å²) in [6.45, 7) is 0.422. The Morgan fingerprint density at radius 2 is 1.87 bits per heavy atom. The van der Waals surface area contributed by atoms with E-state index in [1.807, 2.05) is 42.5 Å². The van der Waals surface area contributed by atoms with Crippen molar-refractivity contribution < 1.29 is 9.53 Å². The van der Waals surface area contributed by atoms with Crippen LogP contribution in [0, 0.1) is 0 Å². The SMILES string of the molecule is O=C(Cc1cccc2ccccc12)NCC1Cc2cc(Cl)cc(-c3ncccn3)c2O1. The monoisotopic (exact) mass is 429 g/mol. The van der Waals surface area contributed by atoms with E-state index in [2.05, 4.69) is 27.4 Å². The summed E-state index contributed by atoms with van der Waals surface area (Å²) in [5.74, 6) is 1.28. The number of nitrogens with zero attached hydrogens (tertiary/aromatic N) is 2. The fourth-order valence-corrected chi connectivity index (χ4v) is 4.26. The van der Waals surface area contributed by atoms with E-state index in [1.165, 1.54) is 0 Å². The highest BCUT2D eigenvalue weighted by Gasteiger charge is 2.27. The predicted octanol–water partition coefficient (Wildman–Crippen LogP) is 4.61. The molecule has 0 fully saturated rings. The van der Waals surface area contributed by atoms with Crippen molar-refractivity contribution in [2.24, 2.45) is 0 Å². The van der Waals surface area contributed by atoms with E-state index >= 15 is 0 Å². The topological polar surface area (TPSA) is 64.1 Å². The summed E-state index contributed by atoms with van der Waals surface area (Å²) in [5.41, 5.74) is 2.79. The highest BCUT2D eigenvalue weighted by molar-refractivity contribution is 6.31. The van der Waals surface area contributed by atoms with Crippen LogP contribution in [0.1, 0.15) is 11.1 Å². The number of hydrogen-bond donors (Lipinski definition) is 1. The highest BCUT2D eigenvalue weighted by atomic mass is 35.5. The maximum atomic E-state index is 12.6. The zero-order chi connectivity index (χ0) is 21.2. The number of aromatic nitrogens is 2. The van der Waals surface area contributed by atoms with Crippen LogP contribution in [-0.4, -0.2) is 28.5 Å². The first-order chi connectivity index (χ1) is 15.2. The van der Waals surface area contributed by atoms with Gasteiger partial charge in [-0.2, -0.15) is 0 Å². The molecular formula is C25H20ClN3O2. The first-order valence-electron chi connectivity index (χ1n) is 10.2. The molecule has 1 unspecified atom stereocenters. The van der Waals surface area contributed by atoms with E-state index in [-0.39, 0.29) is 12.0 Å². The number of hydrogen-bond acceptors (Lipinski definition) is 4. The number of carbonyl (C=O) groups is 1. The molecule has 0 bridgehead atoms. The first-order valence-corrected chi connectivity index (χ1v) is 10.5. The fourth-order valence-electron chi connectivity index (χ4n) is 4.02. The smallest absolute Gasteiger partial charge is 0.224 e. The first kappa shape index (κ1) is 19.5. The lowest BCUT2D eigenvalue weighted by Gasteiger charge is -2.14. The zero-order valence-corrected chi connectivity index (χ0v) is 17.5. The van der Waals surface area contributed by atoms with Crippen molar-refractivity contribution in [1.29, 1.82) is 0 Å². The average Bonchev–Trinajstić information content (AvgIpc) is 3.21. The molecule has 2 heterocycles. The molecule has 5 nitrogen and oxygen atoms in total. The second kappa shape index (κ2) is 8.36. The Labute approximate surface area is 185 Å². The number of fused-ring (bicyclic) bond motifs is 2. The summed E-state index contributed by atoms with van der Waals surface area (Å²) < 4.78 is 6.16. The van der Waals surface area contributed by atoms with E-state index < -0.39 is 0 Å². The predicted molar refractivity (Wildman–Crippen MR) is 121 cm³/mol. The van der Waals surface area contributed by atoms with Gasteiger partial charge in [-0.05, 0) is 34.5 Å². The Hall–Kier alpha value is -3.44. The molecule has 1 aliphatic heterocycles. The molecule has 1 amide bonds. The van der Waals surface area contributed by atoms with Crippen LogP contribution in [0.4, 0.5) is 0 Å². The van der Waals surface area contributed by atoms with Gasteiger partial charge in [0.2, 0.25) is 5.91 Å². The van der Waals surface area contributed by atoms with Crippen LogP contribution in [0.2, 0.25) is 5.02 Å². The Morgan fingerprint density at radius 1 is 1.06 bits per heavy atom. The third-order valence-electron chi connectivity index (χ3n) is 5.43. The minimum atomic E-state index is -0.160. The lowest BCUT2D eigenvalue weighted by Crippen LogP contribution is -2.35. The van der Waals surface area contributed by atoms with E-state index in [1.54, 1.807) is 18.5 Å². The number of ether oxygens (including phenoxy) is 1. The maximum Gasteiger partial charge on any atom is 0.224 e. The Kier molecular flexibility index (Phi) is 5.26. The van der Waals surface area contributed by atoms with Crippen molar-refractivity contribution >= 4 is 28.3 Å². The average molecular weight is 430 g/mol. The molecule has 0 radical (unpaired) electrons. The quantitative estimate of drug-likeness (QED) is 0.503. The van der Waals surface area contributed by atoms with Crippen molar-refractivity contribution in [1.82, 2.24) is 15.3 Å². The summed E-state index contributed by atoms with van der Waals surface area (Å²) in [4.78, 5) is 21.3. The highest BCUT2D eigenvalue weighted by Crippen LogP contribution is 2.39. The number of amides is 1. The van der Waals surface area contributed by atoms with Gasteiger partial charge in [0.25, 0.3) is 0 Å².